The van der Waals surface area contributed by atoms with E-state index in [0.717, 1.165) is 0 Å². The van der Waals surface area contributed by atoms with Crippen LogP contribution in [0.5, 0.6) is 0 Å². The van der Waals surface area contributed by atoms with Crippen molar-refractivity contribution in [1.82, 2.24) is 4.90 Å². The lowest BCUT2D eigenvalue weighted by Gasteiger charge is -2.23. The molecule has 1 aliphatic heterocycles. The quantitative estimate of drug-likeness (QED) is 0.841. The van der Waals surface area contributed by atoms with Gasteiger partial charge in [-0.2, -0.15) is 0 Å². The second-order valence-corrected chi connectivity index (χ2v) is 6.06. The number of amides is 1. The van der Waals surface area contributed by atoms with Crippen LogP contribution in [0.4, 0.5) is 0 Å². The topological polar surface area (TPSA) is 74.7 Å². The van der Waals surface area contributed by atoms with Crippen molar-refractivity contribution in [3.63, 3.8) is 0 Å². The molecule has 2 atom stereocenters. The van der Waals surface area contributed by atoms with Crippen molar-refractivity contribution in [3.8, 4) is 0 Å². The van der Waals surface area contributed by atoms with Crippen molar-refractivity contribution in [1.29, 1.82) is 0 Å². The van der Waals surface area contributed by atoms with Crippen molar-refractivity contribution >= 4 is 29.4 Å². The number of nitrogens with zero attached hydrogens (tertiary/aromatic N) is 1. The molecule has 2 rings (SSSR count). The first-order valence-corrected chi connectivity index (χ1v) is 7.85. The maximum absolute atomic E-state index is 12.3. The van der Waals surface area contributed by atoms with Crippen LogP contribution in [0.1, 0.15) is 23.7 Å². The molecule has 0 aromatic heterocycles. The highest BCUT2D eigenvalue weighted by Crippen LogP contribution is 2.24. The van der Waals surface area contributed by atoms with E-state index in [4.69, 9.17) is 5.11 Å². The summed E-state index contributed by atoms with van der Waals surface area (Å²) in [5.41, 5.74) is 0.572. The van der Waals surface area contributed by atoms with Gasteiger partial charge in [0.25, 0.3) is 0 Å². The molecular formula is C15H17NO4S. The summed E-state index contributed by atoms with van der Waals surface area (Å²) in [4.78, 5) is 36.9. The number of thioether (sulfide) groups is 1. The van der Waals surface area contributed by atoms with Gasteiger partial charge in [-0.25, -0.2) is 4.79 Å². The van der Waals surface area contributed by atoms with E-state index in [9.17, 15) is 14.4 Å². The Morgan fingerprint density at radius 2 is 2.00 bits per heavy atom. The van der Waals surface area contributed by atoms with Gasteiger partial charge in [0.1, 0.15) is 6.04 Å². The van der Waals surface area contributed by atoms with Crippen LogP contribution in [-0.2, 0) is 9.59 Å². The lowest BCUT2D eigenvalue weighted by Crippen LogP contribution is -2.44. The zero-order chi connectivity index (χ0) is 15.4. The molecule has 1 aromatic carbocycles. The number of carbonyl (C=O) groups is 3. The van der Waals surface area contributed by atoms with E-state index < -0.39 is 17.9 Å². The number of ketones is 1. The molecule has 1 amide bonds. The average molecular weight is 307 g/mol. The molecule has 1 aliphatic rings. The second-order valence-electron chi connectivity index (χ2n) is 5.06. The van der Waals surface area contributed by atoms with E-state index in [1.165, 1.54) is 16.7 Å². The molecule has 0 saturated carbocycles. The third-order valence-corrected chi connectivity index (χ3v) is 4.47. The molecule has 112 valence electrons. The Labute approximate surface area is 127 Å². The number of benzene rings is 1. The first-order valence-electron chi connectivity index (χ1n) is 6.70. The zero-order valence-electron chi connectivity index (χ0n) is 11.7. The number of carbonyl (C=O) groups excluding carboxylic acids is 2. The fraction of sp³-hybridized carbons (Fsp3) is 0.400. The Bertz CT molecular complexity index is 546. The minimum Gasteiger partial charge on any atom is -0.480 e. The summed E-state index contributed by atoms with van der Waals surface area (Å²) in [5.74, 6) is -1.10. The van der Waals surface area contributed by atoms with Crippen LogP contribution in [0.2, 0.25) is 0 Å². The molecular weight excluding hydrogens is 290 g/mol. The van der Waals surface area contributed by atoms with Gasteiger partial charge in [-0.15, -0.1) is 11.8 Å². The van der Waals surface area contributed by atoms with Crippen molar-refractivity contribution < 1.29 is 19.5 Å². The monoisotopic (exact) mass is 307 g/mol. The van der Waals surface area contributed by atoms with E-state index in [-0.39, 0.29) is 18.1 Å². The van der Waals surface area contributed by atoms with Gasteiger partial charge in [-0.05, 0) is 0 Å². The maximum Gasteiger partial charge on any atom is 0.327 e. The Morgan fingerprint density at radius 1 is 1.33 bits per heavy atom. The third kappa shape index (κ3) is 3.64. The molecule has 1 aromatic rings. The van der Waals surface area contributed by atoms with Gasteiger partial charge in [0.05, 0.1) is 5.88 Å². The van der Waals surface area contributed by atoms with Gasteiger partial charge >= 0.3 is 5.97 Å². The maximum atomic E-state index is 12.3. The molecule has 6 heteroatoms. The predicted octanol–water partition coefficient (Wildman–Crippen LogP) is 1.88. The van der Waals surface area contributed by atoms with Crippen molar-refractivity contribution in [2.24, 2.45) is 5.92 Å². The highest BCUT2D eigenvalue weighted by molar-refractivity contribution is 7.99. The van der Waals surface area contributed by atoms with E-state index >= 15 is 0 Å². The standard InChI is InChI=1S/C15H17NO4S/c1-10(7-13(17)11-5-3-2-4-6-11)14(18)16-9-21-8-12(16)15(19)20/h2-6,10,12H,7-9H2,1H3,(H,19,20)/t10-,12-/m0/s1. The minimum absolute atomic E-state index is 0.0936. The molecule has 0 aliphatic carbocycles. The second kappa shape index (κ2) is 6.76. The summed E-state index contributed by atoms with van der Waals surface area (Å²) in [7, 11) is 0. The molecule has 0 bridgehead atoms. The van der Waals surface area contributed by atoms with E-state index in [2.05, 4.69) is 0 Å². The number of hydrogen-bond donors (Lipinski definition) is 1. The smallest absolute Gasteiger partial charge is 0.327 e. The van der Waals surface area contributed by atoms with Crippen LogP contribution in [-0.4, -0.2) is 45.3 Å². The van der Waals surface area contributed by atoms with Gasteiger partial charge in [-0.1, -0.05) is 37.3 Å². The summed E-state index contributed by atoms with van der Waals surface area (Å²) < 4.78 is 0. The lowest BCUT2D eigenvalue weighted by atomic mass is 9.98. The zero-order valence-corrected chi connectivity index (χ0v) is 12.5. The Balaban J connectivity index is 2.00. The summed E-state index contributed by atoms with van der Waals surface area (Å²) in [6.07, 6.45) is 0.0936. The van der Waals surface area contributed by atoms with E-state index in [1.54, 1.807) is 31.2 Å². The fourth-order valence-electron chi connectivity index (χ4n) is 2.25. The number of aliphatic carboxylic acids is 1. The van der Waals surface area contributed by atoms with Crippen molar-refractivity contribution in [2.75, 3.05) is 11.6 Å². The van der Waals surface area contributed by atoms with Crippen LogP contribution in [0.25, 0.3) is 0 Å². The Kier molecular flexibility index (Phi) is 5.01. The Morgan fingerprint density at radius 3 is 2.62 bits per heavy atom. The number of carboxylic acids is 1. The highest BCUT2D eigenvalue weighted by Gasteiger charge is 2.36. The molecule has 5 nitrogen and oxygen atoms in total. The van der Waals surface area contributed by atoms with E-state index in [1.807, 2.05) is 6.07 Å². The largest absolute Gasteiger partial charge is 0.480 e. The van der Waals surface area contributed by atoms with Crippen molar-refractivity contribution in [3.05, 3.63) is 35.9 Å². The van der Waals surface area contributed by atoms with Crippen LogP contribution in [0, 0.1) is 5.92 Å². The van der Waals surface area contributed by atoms with Crippen LogP contribution >= 0.6 is 11.8 Å². The van der Waals surface area contributed by atoms with Gasteiger partial charge in [0, 0.05) is 23.7 Å². The third-order valence-electron chi connectivity index (χ3n) is 3.46. The molecule has 1 saturated heterocycles. The average Bonchev–Trinajstić information content (AvgIpc) is 2.96. The van der Waals surface area contributed by atoms with Crippen LogP contribution in [0.3, 0.4) is 0 Å². The Hall–Kier alpha value is -1.82. The van der Waals surface area contributed by atoms with Gasteiger partial charge in [0.2, 0.25) is 5.91 Å². The molecule has 1 N–H and O–H groups in total. The molecule has 0 unspecified atom stereocenters. The molecule has 0 radical (unpaired) electrons. The van der Waals surface area contributed by atoms with Gasteiger partial charge in [0.15, 0.2) is 5.78 Å². The first-order chi connectivity index (χ1) is 10.0. The fourth-order valence-corrected chi connectivity index (χ4v) is 3.41. The SMILES string of the molecule is C[C@@H](CC(=O)c1ccccc1)C(=O)N1CSC[C@H]1C(=O)O. The molecule has 1 heterocycles. The summed E-state index contributed by atoms with van der Waals surface area (Å²) in [6.45, 7) is 1.67. The summed E-state index contributed by atoms with van der Waals surface area (Å²) in [6, 6.07) is 8.02. The predicted molar refractivity (Wildman–Crippen MR) is 80.1 cm³/mol. The number of hydrogen-bond acceptors (Lipinski definition) is 4. The van der Waals surface area contributed by atoms with E-state index in [0.29, 0.717) is 17.2 Å². The van der Waals surface area contributed by atoms with Gasteiger partial charge in [-0.3, -0.25) is 9.59 Å². The summed E-state index contributed by atoms with van der Waals surface area (Å²) in [5, 5.41) is 9.10. The molecule has 1 fully saturated rings. The lowest BCUT2D eigenvalue weighted by molar-refractivity contribution is -0.149. The molecule has 0 spiro atoms. The summed E-state index contributed by atoms with van der Waals surface area (Å²) >= 11 is 1.42. The molecule has 21 heavy (non-hydrogen) atoms. The first kappa shape index (κ1) is 15.6. The normalized spacial score (nSPS) is 19.3. The number of Topliss-reactive ketones (excluding diaryl/α,β-unsaturated/α-hetero) is 1. The van der Waals surface area contributed by atoms with Gasteiger partial charge < -0.3 is 10.0 Å². The van der Waals surface area contributed by atoms with Crippen LogP contribution in [0.15, 0.2) is 30.3 Å². The van der Waals surface area contributed by atoms with Crippen molar-refractivity contribution in [2.45, 2.75) is 19.4 Å². The van der Waals surface area contributed by atoms with Crippen LogP contribution < -0.4 is 0 Å². The highest BCUT2D eigenvalue weighted by atomic mass is 32.2. The number of carboxylic acid groups (broad SMARTS) is 1. The number of rotatable bonds is 5. The minimum atomic E-state index is -0.991.